The van der Waals surface area contributed by atoms with Crippen molar-refractivity contribution in [1.82, 2.24) is 5.32 Å². The fourth-order valence-electron chi connectivity index (χ4n) is 3.26. The average Bonchev–Trinajstić information content (AvgIpc) is 2.78. The fourth-order valence-corrected chi connectivity index (χ4v) is 3.26. The van der Waals surface area contributed by atoms with Crippen molar-refractivity contribution >= 4 is 11.9 Å². The molecule has 2 aromatic carbocycles. The van der Waals surface area contributed by atoms with E-state index >= 15 is 0 Å². The van der Waals surface area contributed by atoms with E-state index in [2.05, 4.69) is 12.2 Å². The fraction of sp³-hybridized carbons (Fsp3) is 0.391. The molecule has 1 N–H and O–H groups in total. The molecule has 0 aliphatic carbocycles. The summed E-state index contributed by atoms with van der Waals surface area (Å²) >= 11 is 0. The molecule has 7 nitrogen and oxygen atoms in total. The van der Waals surface area contributed by atoms with E-state index < -0.39 is 12.1 Å². The van der Waals surface area contributed by atoms with Crippen molar-refractivity contribution in [3.8, 4) is 17.2 Å². The molecule has 1 aliphatic heterocycles. The molecule has 30 heavy (non-hydrogen) atoms. The molecule has 7 heteroatoms. The molecular formula is C23H27NO6. The number of nitrogens with one attached hydrogen (secondary N) is 1. The lowest BCUT2D eigenvalue weighted by Gasteiger charge is -2.22. The number of esters is 1. The SMILES string of the molecule is CCC[C@H](NC(=O)[C@H](C)OC(=O)c1cc(OC)c2c(c1)OCCO2)c1ccccc1. The highest BCUT2D eigenvalue weighted by atomic mass is 16.6. The van der Waals surface area contributed by atoms with Crippen LogP contribution in [-0.4, -0.2) is 38.3 Å². The van der Waals surface area contributed by atoms with Crippen molar-refractivity contribution in [3.05, 3.63) is 53.6 Å². The number of rotatable bonds is 8. The summed E-state index contributed by atoms with van der Waals surface area (Å²) in [6.45, 7) is 4.40. The molecule has 3 rings (SSSR count). The second-order valence-corrected chi connectivity index (χ2v) is 7.01. The van der Waals surface area contributed by atoms with Crippen LogP contribution in [0.25, 0.3) is 0 Å². The maximum absolute atomic E-state index is 12.7. The monoisotopic (exact) mass is 413 g/mol. The van der Waals surface area contributed by atoms with Crippen LogP contribution in [0.15, 0.2) is 42.5 Å². The highest BCUT2D eigenvalue weighted by Gasteiger charge is 2.25. The zero-order valence-electron chi connectivity index (χ0n) is 17.5. The lowest BCUT2D eigenvalue weighted by molar-refractivity contribution is -0.129. The van der Waals surface area contributed by atoms with Gasteiger partial charge in [0.05, 0.1) is 18.7 Å². The molecule has 1 heterocycles. The van der Waals surface area contributed by atoms with E-state index in [0.29, 0.717) is 30.5 Å². The Bertz CT molecular complexity index is 866. The summed E-state index contributed by atoms with van der Waals surface area (Å²) in [6, 6.07) is 12.7. The molecular weight excluding hydrogens is 386 g/mol. The van der Waals surface area contributed by atoms with E-state index in [-0.39, 0.29) is 17.5 Å². The Kier molecular flexibility index (Phi) is 7.17. The summed E-state index contributed by atoms with van der Waals surface area (Å²) in [5, 5.41) is 2.98. The maximum atomic E-state index is 12.7. The normalized spacial score (nSPS) is 14.4. The Hall–Kier alpha value is -3.22. The van der Waals surface area contributed by atoms with Crippen molar-refractivity contribution in [3.63, 3.8) is 0 Å². The zero-order chi connectivity index (χ0) is 21.5. The molecule has 0 bridgehead atoms. The van der Waals surface area contributed by atoms with Crippen LogP contribution in [0.1, 0.15) is 48.7 Å². The standard InChI is InChI=1S/C23H27NO6/c1-4-8-18(16-9-6-5-7-10-16)24-22(25)15(2)30-23(26)17-13-19(27-3)21-20(14-17)28-11-12-29-21/h5-7,9-10,13-15,18H,4,8,11-12H2,1-3H3,(H,24,25)/t15-,18-/m0/s1. The van der Waals surface area contributed by atoms with Crippen LogP contribution in [-0.2, 0) is 9.53 Å². The largest absolute Gasteiger partial charge is 0.493 e. The van der Waals surface area contributed by atoms with Crippen LogP contribution >= 0.6 is 0 Å². The second-order valence-electron chi connectivity index (χ2n) is 7.01. The summed E-state index contributed by atoms with van der Waals surface area (Å²) in [7, 11) is 1.48. The number of carbonyl (C=O) groups excluding carboxylic acids is 2. The maximum Gasteiger partial charge on any atom is 0.339 e. The van der Waals surface area contributed by atoms with Crippen molar-refractivity contribution in [2.45, 2.75) is 38.8 Å². The topological polar surface area (TPSA) is 83.1 Å². The number of hydrogen-bond donors (Lipinski definition) is 1. The van der Waals surface area contributed by atoms with Gasteiger partial charge in [-0.1, -0.05) is 43.7 Å². The third kappa shape index (κ3) is 5.03. The molecule has 0 fully saturated rings. The Labute approximate surface area is 176 Å². The highest BCUT2D eigenvalue weighted by Crippen LogP contribution is 2.40. The van der Waals surface area contributed by atoms with Crippen LogP contribution < -0.4 is 19.5 Å². The van der Waals surface area contributed by atoms with Crippen molar-refractivity contribution in [2.75, 3.05) is 20.3 Å². The molecule has 0 radical (unpaired) electrons. The zero-order valence-corrected chi connectivity index (χ0v) is 17.5. The highest BCUT2D eigenvalue weighted by molar-refractivity contribution is 5.93. The van der Waals surface area contributed by atoms with Gasteiger partial charge in [0.25, 0.3) is 5.91 Å². The lowest BCUT2D eigenvalue weighted by atomic mass is 10.0. The first kappa shape index (κ1) is 21.5. The van der Waals surface area contributed by atoms with Crippen LogP contribution in [0.4, 0.5) is 0 Å². The predicted molar refractivity (Wildman–Crippen MR) is 111 cm³/mol. The van der Waals surface area contributed by atoms with E-state index in [1.807, 2.05) is 30.3 Å². The van der Waals surface area contributed by atoms with Gasteiger partial charge in [-0.3, -0.25) is 4.79 Å². The van der Waals surface area contributed by atoms with E-state index in [4.69, 9.17) is 18.9 Å². The Morgan fingerprint density at radius 2 is 1.87 bits per heavy atom. The van der Waals surface area contributed by atoms with Gasteiger partial charge in [0.1, 0.15) is 13.2 Å². The van der Waals surface area contributed by atoms with Gasteiger partial charge in [0, 0.05) is 0 Å². The summed E-state index contributed by atoms with van der Waals surface area (Å²) in [6.07, 6.45) is 0.737. The first-order chi connectivity index (χ1) is 14.5. The minimum atomic E-state index is -0.959. The Balaban J connectivity index is 1.68. The third-order valence-electron chi connectivity index (χ3n) is 4.81. The van der Waals surface area contributed by atoms with Crippen LogP contribution in [0.3, 0.4) is 0 Å². The molecule has 0 unspecified atom stereocenters. The van der Waals surface area contributed by atoms with Crippen molar-refractivity contribution < 1.29 is 28.5 Å². The molecule has 0 saturated carbocycles. The molecule has 0 spiro atoms. The first-order valence-electron chi connectivity index (χ1n) is 10.1. The van der Waals surface area contributed by atoms with Gasteiger partial charge >= 0.3 is 5.97 Å². The molecule has 1 aliphatic rings. The number of benzene rings is 2. The van der Waals surface area contributed by atoms with Crippen LogP contribution in [0.5, 0.6) is 17.2 Å². The molecule has 2 aromatic rings. The van der Waals surface area contributed by atoms with E-state index in [1.165, 1.54) is 19.2 Å². The van der Waals surface area contributed by atoms with Crippen LogP contribution in [0.2, 0.25) is 0 Å². The number of carbonyl (C=O) groups is 2. The van der Waals surface area contributed by atoms with Crippen molar-refractivity contribution in [1.29, 1.82) is 0 Å². The summed E-state index contributed by atoms with van der Waals surface area (Å²) < 4.78 is 21.8. The molecule has 0 aromatic heterocycles. The second kappa shape index (κ2) is 10.0. The van der Waals surface area contributed by atoms with E-state index in [1.54, 1.807) is 6.92 Å². The molecule has 160 valence electrons. The van der Waals surface area contributed by atoms with Gasteiger partial charge in [-0.25, -0.2) is 4.79 Å². The number of hydrogen-bond acceptors (Lipinski definition) is 6. The van der Waals surface area contributed by atoms with Gasteiger partial charge in [0.2, 0.25) is 5.75 Å². The molecule has 2 atom stereocenters. The summed E-state index contributed by atoms with van der Waals surface area (Å²) in [5.74, 6) is 0.256. The molecule has 0 saturated heterocycles. The average molecular weight is 413 g/mol. The number of methoxy groups -OCH3 is 1. The third-order valence-corrected chi connectivity index (χ3v) is 4.81. The first-order valence-corrected chi connectivity index (χ1v) is 10.1. The van der Waals surface area contributed by atoms with E-state index in [0.717, 1.165) is 18.4 Å². The Morgan fingerprint density at radius 1 is 1.13 bits per heavy atom. The van der Waals surface area contributed by atoms with Gasteiger partial charge in [-0.05, 0) is 31.0 Å². The number of amides is 1. The minimum Gasteiger partial charge on any atom is -0.493 e. The Morgan fingerprint density at radius 3 is 2.57 bits per heavy atom. The van der Waals surface area contributed by atoms with Gasteiger partial charge < -0.3 is 24.3 Å². The summed E-state index contributed by atoms with van der Waals surface area (Å²) in [4.78, 5) is 25.3. The van der Waals surface area contributed by atoms with Gasteiger partial charge in [-0.2, -0.15) is 0 Å². The van der Waals surface area contributed by atoms with Gasteiger partial charge in [0.15, 0.2) is 17.6 Å². The van der Waals surface area contributed by atoms with Gasteiger partial charge in [-0.15, -0.1) is 0 Å². The number of ether oxygens (including phenoxy) is 4. The predicted octanol–water partition coefficient (Wildman–Crippen LogP) is 3.67. The smallest absolute Gasteiger partial charge is 0.339 e. The lowest BCUT2D eigenvalue weighted by Crippen LogP contribution is -2.38. The quantitative estimate of drug-likeness (QED) is 0.665. The van der Waals surface area contributed by atoms with Crippen LogP contribution in [0, 0.1) is 0 Å². The van der Waals surface area contributed by atoms with Crippen molar-refractivity contribution in [2.24, 2.45) is 0 Å². The summed E-state index contributed by atoms with van der Waals surface area (Å²) in [5.41, 5.74) is 1.24. The number of fused-ring (bicyclic) bond motifs is 1. The van der Waals surface area contributed by atoms with E-state index in [9.17, 15) is 9.59 Å². The minimum absolute atomic E-state index is 0.140. The molecule has 1 amide bonds.